The molecule has 0 radical (unpaired) electrons. The Morgan fingerprint density at radius 3 is 3.07 bits per heavy atom. The number of rotatable bonds is 1. The molecule has 1 saturated heterocycles. The quantitative estimate of drug-likeness (QED) is 0.682. The number of pyridine rings is 1. The molecule has 1 aliphatic heterocycles. The molecule has 1 aromatic rings. The highest BCUT2D eigenvalue weighted by atomic mass is 16.5. The van der Waals surface area contributed by atoms with Gasteiger partial charge in [-0.2, -0.15) is 0 Å². The summed E-state index contributed by atoms with van der Waals surface area (Å²) in [6.07, 6.45) is 4.29. The van der Waals surface area contributed by atoms with E-state index in [1.165, 1.54) is 0 Å². The first-order valence-corrected chi connectivity index (χ1v) is 4.45. The van der Waals surface area contributed by atoms with Crippen molar-refractivity contribution in [3.8, 4) is 0 Å². The molecule has 1 N–H and O–H groups in total. The first kappa shape index (κ1) is 8.87. The van der Waals surface area contributed by atoms with Gasteiger partial charge in [-0.15, -0.1) is 0 Å². The van der Waals surface area contributed by atoms with E-state index in [2.05, 4.69) is 4.98 Å². The van der Waals surface area contributed by atoms with E-state index in [0.717, 1.165) is 5.56 Å². The molecule has 4 nitrogen and oxygen atoms in total. The number of aromatic nitrogens is 1. The average molecular weight is 190 g/mol. The minimum Gasteiger partial charge on any atom is -0.453 e. The first-order chi connectivity index (χ1) is 6.77. The molecule has 1 aliphatic rings. The highest BCUT2D eigenvalue weighted by Gasteiger charge is 2.26. The average Bonchev–Trinajstić information content (AvgIpc) is 2.23. The number of esters is 1. The molecule has 72 valence electrons. The summed E-state index contributed by atoms with van der Waals surface area (Å²) < 4.78 is 5.08. The van der Waals surface area contributed by atoms with Gasteiger partial charge in [0, 0.05) is 24.4 Å². The van der Waals surface area contributed by atoms with Gasteiger partial charge in [0.05, 0.1) is 0 Å². The summed E-state index contributed by atoms with van der Waals surface area (Å²) >= 11 is 0. The van der Waals surface area contributed by atoms with Crippen molar-refractivity contribution in [2.24, 2.45) is 0 Å². The van der Waals surface area contributed by atoms with E-state index in [1.807, 2.05) is 12.1 Å². The van der Waals surface area contributed by atoms with Gasteiger partial charge in [-0.05, 0) is 12.5 Å². The Hall–Kier alpha value is -1.71. The second-order valence-corrected chi connectivity index (χ2v) is 3.20. The van der Waals surface area contributed by atoms with Gasteiger partial charge in [-0.25, -0.2) is 4.79 Å². The maximum absolute atomic E-state index is 11.1. The molecule has 0 amide bonds. The SMILES string of the molecule is N=C1CCC(c2cccnc2)OC1=O. The van der Waals surface area contributed by atoms with Gasteiger partial charge in [0.1, 0.15) is 11.8 Å². The molecular formula is C10H10N2O2. The molecule has 2 heterocycles. The van der Waals surface area contributed by atoms with E-state index >= 15 is 0 Å². The molecule has 1 atom stereocenters. The molecule has 0 aliphatic carbocycles. The van der Waals surface area contributed by atoms with E-state index in [4.69, 9.17) is 10.1 Å². The summed E-state index contributed by atoms with van der Waals surface area (Å²) in [5.41, 5.74) is 0.957. The fourth-order valence-electron chi connectivity index (χ4n) is 1.44. The molecule has 0 saturated carbocycles. The summed E-state index contributed by atoms with van der Waals surface area (Å²) in [6, 6.07) is 3.68. The van der Waals surface area contributed by atoms with Crippen LogP contribution in [0.15, 0.2) is 24.5 Å². The van der Waals surface area contributed by atoms with Crippen LogP contribution in [-0.4, -0.2) is 16.7 Å². The van der Waals surface area contributed by atoms with E-state index in [1.54, 1.807) is 12.4 Å². The third-order valence-electron chi connectivity index (χ3n) is 2.21. The lowest BCUT2D eigenvalue weighted by Crippen LogP contribution is -2.25. The van der Waals surface area contributed by atoms with Gasteiger partial charge in [-0.1, -0.05) is 6.07 Å². The zero-order valence-corrected chi connectivity index (χ0v) is 7.56. The zero-order valence-electron chi connectivity index (χ0n) is 7.56. The number of hydrogen-bond donors (Lipinski definition) is 1. The number of ether oxygens (including phenoxy) is 1. The van der Waals surface area contributed by atoms with Gasteiger partial charge in [0.15, 0.2) is 0 Å². The monoisotopic (exact) mass is 190 g/mol. The molecule has 1 aromatic heterocycles. The van der Waals surface area contributed by atoms with E-state index in [0.29, 0.717) is 12.8 Å². The standard InChI is InChI=1S/C10H10N2O2/c11-8-3-4-9(14-10(8)13)7-2-1-5-12-6-7/h1-2,5-6,9,11H,3-4H2. The number of carbonyl (C=O) groups is 1. The summed E-state index contributed by atoms with van der Waals surface area (Å²) in [5.74, 6) is -0.509. The molecule has 0 bridgehead atoms. The Labute approximate surface area is 81.4 Å². The van der Waals surface area contributed by atoms with Gasteiger partial charge < -0.3 is 4.74 Å². The van der Waals surface area contributed by atoms with Crippen molar-refractivity contribution in [3.63, 3.8) is 0 Å². The van der Waals surface area contributed by atoms with Crippen LogP contribution in [0.1, 0.15) is 24.5 Å². The van der Waals surface area contributed by atoms with Crippen molar-refractivity contribution in [1.82, 2.24) is 4.98 Å². The Balaban J connectivity index is 2.14. The largest absolute Gasteiger partial charge is 0.453 e. The van der Waals surface area contributed by atoms with Crippen LogP contribution >= 0.6 is 0 Å². The minimum absolute atomic E-state index is 0.0603. The molecule has 14 heavy (non-hydrogen) atoms. The summed E-state index contributed by atoms with van der Waals surface area (Å²) in [4.78, 5) is 15.1. The molecule has 4 heteroatoms. The third kappa shape index (κ3) is 1.64. The third-order valence-corrected chi connectivity index (χ3v) is 2.21. The lowest BCUT2D eigenvalue weighted by molar-refractivity contribution is -0.143. The first-order valence-electron chi connectivity index (χ1n) is 4.45. The van der Waals surface area contributed by atoms with Crippen LogP contribution in [-0.2, 0) is 9.53 Å². The Morgan fingerprint density at radius 1 is 1.57 bits per heavy atom. The van der Waals surface area contributed by atoms with Crippen molar-refractivity contribution in [2.75, 3.05) is 0 Å². The highest BCUT2D eigenvalue weighted by molar-refractivity contribution is 6.35. The van der Waals surface area contributed by atoms with Crippen molar-refractivity contribution in [1.29, 1.82) is 5.41 Å². The van der Waals surface area contributed by atoms with E-state index in [-0.39, 0.29) is 11.8 Å². The summed E-state index contributed by atoms with van der Waals surface area (Å²) in [7, 11) is 0. The fraction of sp³-hybridized carbons (Fsp3) is 0.300. The van der Waals surface area contributed by atoms with Crippen LogP contribution < -0.4 is 0 Å². The van der Waals surface area contributed by atoms with Crippen LogP contribution in [0.5, 0.6) is 0 Å². The van der Waals surface area contributed by atoms with Crippen LogP contribution in [0.4, 0.5) is 0 Å². The molecular weight excluding hydrogens is 180 g/mol. The molecule has 1 fully saturated rings. The van der Waals surface area contributed by atoms with Gasteiger partial charge in [0.25, 0.3) is 0 Å². The van der Waals surface area contributed by atoms with Crippen LogP contribution in [0, 0.1) is 5.41 Å². The van der Waals surface area contributed by atoms with E-state index in [9.17, 15) is 4.79 Å². The summed E-state index contributed by atoms with van der Waals surface area (Å²) in [6.45, 7) is 0. The van der Waals surface area contributed by atoms with Gasteiger partial charge in [0.2, 0.25) is 0 Å². The predicted octanol–water partition coefficient (Wildman–Crippen LogP) is 1.48. The van der Waals surface area contributed by atoms with E-state index < -0.39 is 5.97 Å². The van der Waals surface area contributed by atoms with Crippen molar-refractivity contribution in [2.45, 2.75) is 18.9 Å². The number of nitrogens with zero attached hydrogens (tertiary/aromatic N) is 1. The molecule has 0 aromatic carbocycles. The Morgan fingerprint density at radius 2 is 2.43 bits per heavy atom. The lowest BCUT2D eigenvalue weighted by atomic mass is 10.0. The predicted molar refractivity (Wildman–Crippen MR) is 50.0 cm³/mol. The Bertz CT molecular complexity index is 362. The normalized spacial score (nSPS) is 21.9. The molecule has 2 rings (SSSR count). The zero-order chi connectivity index (χ0) is 9.97. The van der Waals surface area contributed by atoms with Crippen molar-refractivity contribution in [3.05, 3.63) is 30.1 Å². The maximum atomic E-state index is 11.1. The number of cyclic esters (lactones) is 1. The lowest BCUT2D eigenvalue weighted by Gasteiger charge is -2.22. The number of carbonyl (C=O) groups excluding carboxylic acids is 1. The second-order valence-electron chi connectivity index (χ2n) is 3.20. The summed E-state index contributed by atoms with van der Waals surface area (Å²) in [5, 5.41) is 7.26. The number of hydrogen-bond acceptors (Lipinski definition) is 4. The smallest absolute Gasteiger partial charge is 0.352 e. The molecule has 1 unspecified atom stereocenters. The maximum Gasteiger partial charge on any atom is 0.352 e. The highest BCUT2D eigenvalue weighted by Crippen LogP contribution is 2.26. The molecule has 0 spiro atoms. The topological polar surface area (TPSA) is 63.0 Å². The van der Waals surface area contributed by atoms with Gasteiger partial charge in [-0.3, -0.25) is 10.4 Å². The van der Waals surface area contributed by atoms with Crippen LogP contribution in [0.3, 0.4) is 0 Å². The van der Waals surface area contributed by atoms with Gasteiger partial charge >= 0.3 is 5.97 Å². The number of nitrogens with one attached hydrogen (secondary N) is 1. The second kappa shape index (κ2) is 3.57. The van der Waals surface area contributed by atoms with Crippen molar-refractivity contribution >= 4 is 11.7 Å². The van der Waals surface area contributed by atoms with Crippen molar-refractivity contribution < 1.29 is 9.53 Å². The Kier molecular flexibility index (Phi) is 2.26. The van der Waals surface area contributed by atoms with Crippen LogP contribution in [0.25, 0.3) is 0 Å². The van der Waals surface area contributed by atoms with Crippen LogP contribution in [0.2, 0.25) is 0 Å². The fourth-order valence-corrected chi connectivity index (χ4v) is 1.44. The minimum atomic E-state index is -0.509.